The van der Waals surface area contributed by atoms with Crippen molar-refractivity contribution >= 4 is 5.97 Å². The van der Waals surface area contributed by atoms with Crippen LogP contribution in [0, 0.1) is 5.92 Å². The molecule has 1 saturated carbocycles. The minimum atomic E-state index is -4.39. The Bertz CT molecular complexity index is 1140. The smallest absolute Gasteiger partial charge is 0.416 e. The molecule has 3 nitrogen and oxygen atoms in total. The Balaban J connectivity index is 1.26. The van der Waals surface area contributed by atoms with Gasteiger partial charge in [0.1, 0.15) is 11.9 Å². The summed E-state index contributed by atoms with van der Waals surface area (Å²) < 4.78 is 49.7. The molecule has 4 rings (SSSR count). The highest BCUT2D eigenvalue weighted by atomic mass is 19.4. The van der Waals surface area contributed by atoms with Gasteiger partial charge >= 0.3 is 12.1 Å². The molecule has 3 aromatic carbocycles. The van der Waals surface area contributed by atoms with Gasteiger partial charge in [-0.05, 0) is 67.1 Å². The van der Waals surface area contributed by atoms with Crippen molar-refractivity contribution < 1.29 is 27.4 Å². The largest absolute Gasteiger partial charge is 0.493 e. The Labute approximate surface area is 203 Å². The Hall–Kier alpha value is -3.54. The van der Waals surface area contributed by atoms with Crippen LogP contribution in [0.1, 0.15) is 41.6 Å². The van der Waals surface area contributed by atoms with E-state index in [-0.39, 0.29) is 30.3 Å². The van der Waals surface area contributed by atoms with Crippen molar-refractivity contribution in [2.24, 2.45) is 5.92 Å². The van der Waals surface area contributed by atoms with E-state index in [4.69, 9.17) is 9.47 Å². The average molecular weight is 481 g/mol. The summed E-state index contributed by atoms with van der Waals surface area (Å²) >= 11 is 0. The third-order valence-corrected chi connectivity index (χ3v) is 6.09. The molecular formula is C29H27F3O3. The van der Waals surface area contributed by atoms with Crippen molar-refractivity contribution in [2.45, 2.75) is 38.0 Å². The van der Waals surface area contributed by atoms with E-state index < -0.39 is 11.7 Å². The SMILES string of the molecule is O=C(O[C@@H]1CCCC1/C=C/CCOc1cccc(C(F)(F)F)c1)c1ccc(-c2ccccc2)cc1. The fourth-order valence-corrected chi connectivity index (χ4v) is 4.23. The van der Waals surface area contributed by atoms with E-state index in [9.17, 15) is 18.0 Å². The third-order valence-electron chi connectivity index (χ3n) is 6.09. The van der Waals surface area contributed by atoms with Crippen LogP contribution >= 0.6 is 0 Å². The number of alkyl halides is 3. The molecule has 1 aliphatic carbocycles. The van der Waals surface area contributed by atoms with E-state index in [1.54, 1.807) is 12.1 Å². The van der Waals surface area contributed by atoms with Crippen molar-refractivity contribution in [1.29, 1.82) is 0 Å². The van der Waals surface area contributed by atoms with Crippen LogP contribution in [0.15, 0.2) is 91.0 Å². The van der Waals surface area contributed by atoms with Crippen LogP contribution in [0.5, 0.6) is 5.75 Å². The van der Waals surface area contributed by atoms with Crippen LogP contribution < -0.4 is 4.74 Å². The standard InChI is InChI=1S/C29H27F3O3/c30-29(31,32)25-12-7-13-26(20-25)34-19-5-4-10-23-11-6-14-27(23)35-28(33)24-17-15-22(16-18-24)21-8-2-1-3-9-21/h1-4,7-10,12-13,15-18,20,23,27H,5-6,11,14,19H2/b10-4+/t23?,27-/m1/s1. The minimum absolute atomic E-state index is 0.121. The van der Waals surface area contributed by atoms with Crippen molar-refractivity contribution in [3.05, 3.63) is 102 Å². The lowest BCUT2D eigenvalue weighted by Gasteiger charge is -2.17. The van der Waals surface area contributed by atoms with E-state index in [1.807, 2.05) is 54.6 Å². The van der Waals surface area contributed by atoms with Gasteiger partial charge in [-0.25, -0.2) is 4.79 Å². The molecule has 1 unspecified atom stereocenters. The van der Waals surface area contributed by atoms with Gasteiger partial charge < -0.3 is 9.47 Å². The van der Waals surface area contributed by atoms with Crippen LogP contribution in [0.25, 0.3) is 11.1 Å². The van der Waals surface area contributed by atoms with Crippen molar-refractivity contribution in [1.82, 2.24) is 0 Å². The fraction of sp³-hybridized carbons (Fsp3) is 0.276. The second-order valence-electron chi connectivity index (χ2n) is 8.57. The van der Waals surface area contributed by atoms with Crippen LogP contribution in [0.4, 0.5) is 13.2 Å². The number of hydrogen-bond donors (Lipinski definition) is 0. The predicted octanol–water partition coefficient (Wildman–Crippen LogP) is 7.72. The zero-order valence-electron chi connectivity index (χ0n) is 19.2. The Morgan fingerprint density at radius 1 is 0.914 bits per heavy atom. The summed E-state index contributed by atoms with van der Waals surface area (Å²) in [6, 6.07) is 22.2. The number of esters is 1. The Kier molecular flexibility index (Phi) is 7.91. The molecule has 0 N–H and O–H groups in total. The van der Waals surface area contributed by atoms with Gasteiger partial charge in [-0.15, -0.1) is 0 Å². The molecule has 0 heterocycles. The van der Waals surface area contributed by atoms with Gasteiger partial charge in [0.15, 0.2) is 0 Å². The Morgan fingerprint density at radius 3 is 2.40 bits per heavy atom. The minimum Gasteiger partial charge on any atom is -0.493 e. The van der Waals surface area contributed by atoms with Gasteiger partial charge in [0, 0.05) is 5.92 Å². The van der Waals surface area contributed by atoms with E-state index >= 15 is 0 Å². The molecule has 0 saturated heterocycles. The molecule has 2 atom stereocenters. The first-order valence-electron chi connectivity index (χ1n) is 11.7. The summed E-state index contributed by atoms with van der Waals surface area (Å²) in [5.41, 5.74) is 1.92. The predicted molar refractivity (Wildman–Crippen MR) is 129 cm³/mol. The van der Waals surface area contributed by atoms with E-state index in [0.717, 1.165) is 42.5 Å². The molecule has 35 heavy (non-hydrogen) atoms. The van der Waals surface area contributed by atoms with Crippen LogP contribution in [-0.2, 0) is 10.9 Å². The van der Waals surface area contributed by atoms with E-state index in [1.165, 1.54) is 12.1 Å². The number of carbonyl (C=O) groups is 1. The monoisotopic (exact) mass is 480 g/mol. The average Bonchev–Trinajstić information content (AvgIpc) is 3.31. The lowest BCUT2D eigenvalue weighted by molar-refractivity contribution is -0.137. The number of hydrogen-bond acceptors (Lipinski definition) is 3. The van der Waals surface area contributed by atoms with Gasteiger partial charge in [-0.2, -0.15) is 13.2 Å². The molecule has 0 aliphatic heterocycles. The fourth-order valence-electron chi connectivity index (χ4n) is 4.23. The maximum atomic E-state index is 12.8. The molecule has 3 aromatic rings. The van der Waals surface area contributed by atoms with Crippen LogP contribution in [0.2, 0.25) is 0 Å². The van der Waals surface area contributed by atoms with Crippen LogP contribution in [-0.4, -0.2) is 18.7 Å². The van der Waals surface area contributed by atoms with Crippen LogP contribution in [0.3, 0.4) is 0 Å². The Morgan fingerprint density at radius 2 is 1.66 bits per heavy atom. The summed E-state index contributed by atoms with van der Waals surface area (Å²) in [6.07, 6.45) is 2.65. The van der Waals surface area contributed by atoms with Crippen molar-refractivity contribution in [3.8, 4) is 16.9 Å². The number of benzene rings is 3. The summed E-state index contributed by atoms with van der Waals surface area (Å²) in [5, 5.41) is 0. The lowest BCUT2D eigenvalue weighted by Crippen LogP contribution is -2.21. The molecule has 0 radical (unpaired) electrons. The van der Waals surface area contributed by atoms with E-state index in [0.29, 0.717) is 12.0 Å². The summed E-state index contributed by atoms with van der Waals surface area (Å²) in [6.45, 7) is 0.267. The maximum absolute atomic E-state index is 12.8. The second kappa shape index (κ2) is 11.3. The molecule has 0 amide bonds. The highest BCUT2D eigenvalue weighted by molar-refractivity contribution is 5.90. The summed E-state index contributed by atoms with van der Waals surface area (Å²) in [4.78, 5) is 12.7. The highest BCUT2D eigenvalue weighted by Crippen LogP contribution is 2.32. The molecule has 1 aliphatic rings. The van der Waals surface area contributed by atoms with Crippen molar-refractivity contribution in [3.63, 3.8) is 0 Å². The van der Waals surface area contributed by atoms with Gasteiger partial charge in [-0.3, -0.25) is 0 Å². The van der Waals surface area contributed by atoms with Crippen molar-refractivity contribution in [2.75, 3.05) is 6.61 Å². The second-order valence-corrected chi connectivity index (χ2v) is 8.57. The molecule has 0 bridgehead atoms. The molecular weight excluding hydrogens is 453 g/mol. The topological polar surface area (TPSA) is 35.5 Å². The van der Waals surface area contributed by atoms with Gasteiger partial charge in [-0.1, -0.05) is 60.7 Å². The molecule has 6 heteroatoms. The summed E-state index contributed by atoms with van der Waals surface area (Å²) in [5.74, 6) is -0.0157. The molecule has 1 fully saturated rings. The number of halogens is 3. The quantitative estimate of drug-likeness (QED) is 0.188. The van der Waals surface area contributed by atoms with Gasteiger partial charge in [0.25, 0.3) is 0 Å². The summed E-state index contributed by atoms with van der Waals surface area (Å²) in [7, 11) is 0. The van der Waals surface area contributed by atoms with Gasteiger partial charge in [0.2, 0.25) is 0 Å². The van der Waals surface area contributed by atoms with Gasteiger partial charge in [0.05, 0.1) is 17.7 Å². The zero-order valence-corrected chi connectivity index (χ0v) is 19.2. The number of ether oxygens (including phenoxy) is 2. The highest BCUT2D eigenvalue weighted by Gasteiger charge is 2.31. The maximum Gasteiger partial charge on any atom is 0.416 e. The molecule has 0 aromatic heterocycles. The first-order chi connectivity index (χ1) is 16.9. The number of carbonyl (C=O) groups excluding carboxylic acids is 1. The number of rotatable bonds is 8. The zero-order chi connectivity index (χ0) is 24.7. The molecule has 0 spiro atoms. The molecule has 182 valence electrons. The first kappa shape index (κ1) is 24.6. The first-order valence-corrected chi connectivity index (χ1v) is 11.7. The third kappa shape index (κ3) is 6.75. The lowest BCUT2D eigenvalue weighted by atomic mass is 10.0. The van der Waals surface area contributed by atoms with E-state index in [2.05, 4.69) is 0 Å². The normalized spacial score (nSPS) is 18.0.